The SMILES string of the molecule is CCCCCCCCCCCC(O)CCCCCCCCC(CC)S(=O)(=O)O. The predicted octanol–water partition coefficient (Wildman–Crippen LogP) is 7.06. The lowest BCUT2D eigenvalue weighted by molar-refractivity contribution is 0.147. The van der Waals surface area contributed by atoms with E-state index in [0.717, 1.165) is 57.8 Å². The third-order valence-electron chi connectivity index (χ3n) is 5.83. The van der Waals surface area contributed by atoms with Crippen molar-refractivity contribution < 1.29 is 18.1 Å². The molecule has 0 aromatic rings. The van der Waals surface area contributed by atoms with E-state index in [-0.39, 0.29) is 6.10 Å². The normalized spacial score (nSPS) is 14.3. The maximum atomic E-state index is 11.1. The van der Waals surface area contributed by atoms with E-state index in [9.17, 15) is 13.5 Å². The van der Waals surface area contributed by atoms with E-state index in [2.05, 4.69) is 6.92 Å². The summed E-state index contributed by atoms with van der Waals surface area (Å²) >= 11 is 0. The van der Waals surface area contributed by atoms with Gasteiger partial charge in [-0.05, 0) is 25.7 Å². The van der Waals surface area contributed by atoms with Gasteiger partial charge in [0, 0.05) is 0 Å². The zero-order valence-corrected chi connectivity index (χ0v) is 19.5. The highest BCUT2D eigenvalue weighted by atomic mass is 32.2. The first-order valence-corrected chi connectivity index (χ1v) is 13.6. The van der Waals surface area contributed by atoms with E-state index in [0.29, 0.717) is 12.8 Å². The second-order valence-corrected chi connectivity index (χ2v) is 10.2. The van der Waals surface area contributed by atoms with Crippen molar-refractivity contribution >= 4 is 10.1 Å². The van der Waals surface area contributed by atoms with Crippen molar-refractivity contribution in [3.8, 4) is 0 Å². The Morgan fingerprint density at radius 3 is 1.32 bits per heavy atom. The van der Waals surface area contributed by atoms with Crippen LogP contribution in [0.25, 0.3) is 0 Å². The lowest BCUT2D eigenvalue weighted by Crippen LogP contribution is -2.19. The van der Waals surface area contributed by atoms with Gasteiger partial charge in [-0.1, -0.05) is 110 Å². The number of hydrogen-bond donors (Lipinski definition) is 2. The number of rotatable bonds is 21. The average Bonchev–Trinajstić information content (AvgIpc) is 2.64. The molecular weight excluding hydrogens is 372 g/mol. The molecule has 0 aliphatic carbocycles. The van der Waals surface area contributed by atoms with Gasteiger partial charge in [-0.25, -0.2) is 0 Å². The summed E-state index contributed by atoms with van der Waals surface area (Å²) in [6.07, 6.45) is 21.0. The summed E-state index contributed by atoms with van der Waals surface area (Å²) in [7, 11) is -3.87. The molecule has 0 saturated carbocycles. The van der Waals surface area contributed by atoms with Gasteiger partial charge < -0.3 is 5.11 Å². The minimum Gasteiger partial charge on any atom is -0.393 e. The first-order chi connectivity index (χ1) is 13.4. The van der Waals surface area contributed by atoms with E-state index in [1.807, 2.05) is 0 Å². The lowest BCUT2D eigenvalue weighted by atomic mass is 10.0. The molecule has 0 radical (unpaired) electrons. The second-order valence-electron chi connectivity index (χ2n) is 8.51. The van der Waals surface area contributed by atoms with Crippen molar-refractivity contribution in [2.45, 2.75) is 147 Å². The van der Waals surface area contributed by atoms with Crippen LogP contribution in [-0.4, -0.2) is 29.4 Å². The summed E-state index contributed by atoms with van der Waals surface area (Å²) in [6, 6.07) is 0. The van der Waals surface area contributed by atoms with E-state index in [1.54, 1.807) is 6.92 Å². The maximum absolute atomic E-state index is 11.1. The topological polar surface area (TPSA) is 74.6 Å². The zero-order chi connectivity index (χ0) is 21.1. The molecule has 0 amide bonds. The molecule has 5 heteroatoms. The van der Waals surface area contributed by atoms with Crippen LogP contribution in [0.2, 0.25) is 0 Å². The molecule has 2 atom stereocenters. The maximum Gasteiger partial charge on any atom is 0.267 e. The molecule has 0 aliphatic heterocycles. The number of aliphatic hydroxyl groups excluding tert-OH is 1. The van der Waals surface area contributed by atoms with Crippen molar-refractivity contribution in [2.24, 2.45) is 0 Å². The van der Waals surface area contributed by atoms with Gasteiger partial charge >= 0.3 is 0 Å². The Morgan fingerprint density at radius 2 is 0.964 bits per heavy atom. The van der Waals surface area contributed by atoms with Gasteiger partial charge in [0.2, 0.25) is 0 Å². The van der Waals surface area contributed by atoms with E-state index < -0.39 is 15.4 Å². The molecule has 0 aliphatic rings. The van der Waals surface area contributed by atoms with Crippen LogP contribution in [0.4, 0.5) is 0 Å². The number of unbranched alkanes of at least 4 members (excludes halogenated alkanes) is 13. The molecular formula is C23H48O4S. The van der Waals surface area contributed by atoms with Crippen LogP contribution in [0, 0.1) is 0 Å². The van der Waals surface area contributed by atoms with Gasteiger partial charge in [0.05, 0.1) is 11.4 Å². The fraction of sp³-hybridized carbons (Fsp3) is 1.00. The molecule has 4 nitrogen and oxygen atoms in total. The van der Waals surface area contributed by atoms with Gasteiger partial charge in [0.25, 0.3) is 10.1 Å². The molecule has 0 fully saturated rings. The fourth-order valence-corrected chi connectivity index (χ4v) is 4.74. The predicted molar refractivity (Wildman–Crippen MR) is 120 cm³/mol. The van der Waals surface area contributed by atoms with Crippen LogP contribution in [0.15, 0.2) is 0 Å². The molecule has 170 valence electrons. The summed E-state index contributed by atoms with van der Waals surface area (Å²) in [6.45, 7) is 4.06. The third kappa shape index (κ3) is 17.9. The summed E-state index contributed by atoms with van der Waals surface area (Å²) in [5, 5.41) is 9.48. The number of aliphatic hydroxyl groups is 1. The largest absolute Gasteiger partial charge is 0.393 e. The van der Waals surface area contributed by atoms with Gasteiger partial charge in [-0.2, -0.15) is 8.42 Å². The standard InChI is InChI=1S/C23H48O4S/c1-3-5-6-7-8-9-10-13-16-19-22(24)20-17-14-11-12-15-18-21-23(4-2)28(25,26)27/h22-24H,3-21H2,1-2H3,(H,25,26,27). The van der Waals surface area contributed by atoms with Crippen molar-refractivity contribution in [1.82, 2.24) is 0 Å². The van der Waals surface area contributed by atoms with Crippen molar-refractivity contribution in [1.29, 1.82) is 0 Å². The average molecular weight is 421 g/mol. The third-order valence-corrected chi connectivity index (χ3v) is 7.24. The van der Waals surface area contributed by atoms with E-state index in [4.69, 9.17) is 4.55 Å². The first kappa shape index (κ1) is 27.9. The van der Waals surface area contributed by atoms with Gasteiger partial charge in [0.1, 0.15) is 0 Å². The van der Waals surface area contributed by atoms with Crippen molar-refractivity contribution in [3.05, 3.63) is 0 Å². The van der Waals surface area contributed by atoms with Crippen molar-refractivity contribution in [2.75, 3.05) is 0 Å². The fourth-order valence-electron chi connectivity index (χ4n) is 3.86. The van der Waals surface area contributed by atoms with Crippen LogP contribution < -0.4 is 0 Å². The summed E-state index contributed by atoms with van der Waals surface area (Å²) in [5.41, 5.74) is 0. The highest BCUT2D eigenvalue weighted by Gasteiger charge is 2.19. The van der Waals surface area contributed by atoms with Crippen LogP contribution in [0.1, 0.15) is 136 Å². The Morgan fingerprint density at radius 1 is 0.607 bits per heavy atom. The molecule has 28 heavy (non-hydrogen) atoms. The minimum absolute atomic E-state index is 0.135. The Kier molecular flexibility index (Phi) is 18.8. The Balaban J connectivity index is 3.36. The first-order valence-electron chi connectivity index (χ1n) is 12.1. The van der Waals surface area contributed by atoms with Gasteiger partial charge in [-0.15, -0.1) is 0 Å². The van der Waals surface area contributed by atoms with E-state index >= 15 is 0 Å². The van der Waals surface area contributed by atoms with E-state index in [1.165, 1.54) is 51.4 Å². The summed E-state index contributed by atoms with van der Waals surface area (Å²) in [4.78, 5) is 0. The Labute approximate surface area is 175 Å². The van der Waals surface area contributed by atoms with Crippen LogP contribution in [0.3, 0.4) is 0 Å². The molecule has 0 spiro atoms. The van der Waals surface area contributed by atoms with Gasteiger partial charge in [0.15, 0.2) is 0 Å². The molecule has 0 rings (SSSR count). The zero-order valence-electron chi connectivity index (χ0n) is 18.7. The Bertz CT molecular complexity index is 422. The molecule has 0 aromatic heterocycles. The summed E-state index contributed by atoms with van der Waals surface area (Å²) in [5.74, 6) is 0. The highest BCUT2D eigenvalue weighted by Crippen LogP contribution is 2.17. The van der Waals surface area contributed by atoms with Gasteiger partial charge in [-0.3, -0.25) is 4.55 Å². The van der Waals surface area contributed by atoms with Crippen LogP contribution in [-0.2, 0) is 10.1 Å². The highest BCUT2D eigenvalue weighted by molar-refractivity contribution is 7.86. The smallest absolute Gasteiger partial charge is 0.267 e. The van der Waals surface area contributed by atoms with Crippen molar-refractivity contribution in [3.63, 3.8) is 0 Å². The number of hydrogen-bond acceptors (Lipinski definition) is 3. The molecule has 0 bridgehead atoms. The second kappa shape index (κ2) is 18.9. The quantitative estimate of drug-likeness (QED) is 0.154. The molecule has 2 unspecified atom stereocenters. The molecule has 0 heterocycles. The summed E-state index contributed by atoms with van der Waals surface area (Å²) < 4.78 is 31.4. The minimum atomic E-state index is -3.87. The van der Waals surface area contributed by atoms with Crippen LogP contribution >= 0.6 is 0 Å². The Hall–Kier alpha value is -0.130. The monoisotopic (exact) mass is 420 g/mol. The lowest BCUT2D eigenvalue weighted by Gasteiger charge is -2.11. The van der Waals surface area contributed by atoms with Crippen LogP contribution in [0.5, 0.6) is 0 Å². The molecule has 0 saturated heterocycles. The molecule has 2 N–H and O–H groups in total. The molecule has 0 aromatic carbocycles.